The number of hydrogen-bond donors (Lipinski definition) is 2. The van der Waals surface area contributed by atoms with Crippen molar-refractivity contribution < 1.29 is 0 Å². The minimum Gasteiger partial charge on any atom is -0.350 e. The van der Waals surface area contributed by atoms with Crippen molar-refractivity contribution in [3.8, 4) is 17.4 Å². The zero-order chi connectivity index (χ0) is 47.0. The van der Waals surface area contributed by atoms with Gasteiger partial charge in [-0.2, -0.15) is 5.26 Å². The Hall–Kier alpha value is -8.18. The first kappa shape index (κ1) is 41.8. The van der Waals surface area contributed by atoms with Gasteiger partial charge in [0.25, 0.3) is 0 Å². The number of hydrogen-bond acceptors (Lipinski definition) is 5. The van der Waals surface area contributed by atoms with Crippen LogP contribution in [0.2, 0.25) is 0 Å². The molecule has 7 aliphatic rings. The van der Waals surface area contributed by atoms with Crippen LogP contribution in [-0.2, 0) is 19.3 Å². The average Bonchev–Trinajstić information content (AvgIpc) is 4.08. The van der Waals surface area contributed by atoms with E-state index in [1.807, 2.05) is 0 Å². The first-order valence-electron chi connectivity index (χ1n) is 25.5. The summed E-state index contributed by atoms with van der Waals surface area (Å²) in [6, 6.07) is 44.6. The van der Waals surface area contributed by atoms with Gasteiger partial charge >= 0.3 is 0 Å². The zero-order valence-electron chi connectivity index (χ0n) is 39.6. The van der Waals surface area contributed by atoms with Gasteiger partial charge in [0.2, 0.25) is 0 Å². The predicted molar refractivity (Wildman–Crippen MR) is 289 cm³/mol. The van der Waals surface area contributed by atoms with Crippen molar-refractivity contribution in [1.82, 2.24) is 19.8 Å². The second kappa shape index (κ2) is 17.0. The van der Waals surface area contributed by atoms with E-state index in [4.69, 9.17) is 4.99 Å². The highest BCUT2D eigenvalue weighted by Gasteiger charge is 2.41. The van der Waals surface area contributed by atoms with E-state index in [1.54, 1.807) is 0 Å². The standard InChI is InChI=1S/C64H53N7/c65-40-45-36-53(64-67-62(42-21-6-2-7-22-42)66-63(68-64)44-24-18-23-43(35-44)41-19-4-1-5-20-41)61(70-55-32-15-10-27-47(55)48-28-11-16-33-56(48)70)38-58(45)71-57-34-17-13-30-50(57)52-37-51-49-29-12-14-31-54(49)69(59(51)39-60(52)71)46-25-8-3-9-26-46/h1-8,10,12-16,18-19,21-25,27,29-33,35-36,38-39,41,51,62,64,67H,9,11,17,20,26,28,34,37H2,(H,66,68). The van der Waals surface area contributed by atoms with Crippen molar-refractivity contribution in [2.45, 2.75) is 75.5 Å². The number of aryl methyl sites for hydroxylation is 1. The molecule has 0 saturated carbocycles. The number of benzene rings is 5. The van der Waals surface area contributed by atoms with Crippen LogP contribution < -0.4 is 15.5 Å². The molecule has 0 fully saturated rings. The molecule has 14 rings (SSSR count). The van der Waals surface area contributed by atoms with Crippen molar-refractivity contribution in [3.05, 3.63) is 248 Å². The Balaban J connectivity index is 0.993. The maximum Gasteiger partial charge on any atom is 0.131 e. The van der Waals surface area contributed by atoms with Gasteiger partial charge in [0.1, 0.15) is 24.2 Å². The molecule has 4 unspecified atom stereocenters. The fraction of sp³-hybridized carbons (Fsp3) is 0.188. The normalized spacial score (nSPS) is 21.3. The molecule has 344 valence electrons. The van der Waals surface area contributed by atoms with Crippen LogP contribution in [0, 0.1) is 11.3 Å². The highest BCUT2D eigenvalue weighted by atomic mass is 15.3. The first-order chi connectivity index (χ1) is 35.2. The molecule has 4 heterocycles. The van der Waals surface area contributed by atoms with Crippen LogP contribution in [0.4, 0.5) is 5.69 Å². The van der Waals surface area contributed by atoms with Crippen molar-refractivity contribution in [2.75, 3.05) is 4.90 Å². The average molecular weight is 920 g/mol. The van der Waals surface area contributed by atoms with Gasteiger partial charge in [-0.05, 0) is 133 Å². The van der Waals surface area contributed by atoms with Crippen LogP contribution >= 0.6 is 0 Å². The topological polar surface area (TPSA) is 73.3 Å². The quantitative estimate of drug-likeness (QED) is 0.167. The van der Waals surface area contributed by atoms with Crippen LogP contribution in [0.15, 0.2) is 186 Å². The van der Waals surface area contributed by atoms with Crippen molar-refractivity contribution >= 4 is 40.7 Å². The lowest BCUT2D eigenvalue weighted by atomic mass is 9.84. The van der Waals surface area contributed by atoms with E-state index in [9.17, 15) is 5.26 Å². The maximum absolute atomic E-state index is 11.6. The van der Waals surface area contributed by atoms with E-state index in [-0.39, 0.29) is 12.1 Å². The summed E-state index contributed by atoms with van der Waals surface area (Å²) in [4.78, 5) is 7.97. The number of amidine groups is 1. The number of fused-ring (bicyclic) bond motifs is 9. The number of anilines is 1. The Kier molecular flexibility index (Phi) is 10.0. The molecule has 7 aromatic rings. The minimum absolute atomic E-state index is 0.243. The Bertz CT molecular complexity index is 3650. The maximum atomic E-state index is 11.6. The number of nitrogens with zero attached hydrogens (tertiary/aromatic N) is 5. The molecule has 2 aromatic heterocycles. The Morgan fingerprint density at radius 3 is 2.39 bits per heavy atom. The SMILES string of the molecule is N#Cc1cc(C2NC(c3cccc(C4C=CC=CC4)c3)=NC(c3ccccc3)N2)c(-n2c3c(c4ccccc42)CCC=C3)cc1-n1c2c(c3c1CCC=C3)CC1C(=C2)N(C2=CC=CCC2)c2ccccc21. The van der Waals surface area contributed by atoms with Gasteiger partial charge in [-0.1, -0.05) is 140 Å². The molecule has 2 aliphatic heterocycles. The Morgan fingerprint density at radius 2 is 1.51 bits per heavy atom. The number of para-hydroxylation sites is 2. The van der Waals surface area contributed by atoms with Gasteiger partial charge in [-0.3, -0.25) is 5.32 Å². The number of aromatic nitrogens is 2. The largest absolute Gasteiger partial charge is 0.350 e. The van der Waals surface area contributed by atoms with Crippen molar-refractivity contribution in [2.24, 2.45) is 4.99 Å². The number of nitrogens with one attached hydrogen (secondary N) is 2. The monoisotopic (exact) mass is 919 g/mol. The van der Waals surface area contributed by atoms with Crippen LogP contribution in [0.25, 0.3) is 40.5 Å². The second-order valence-electron chi connectivity index (χ2n) is 19.9. The molecule has 0 radical (unpaired) electrons. The lowest BCUT2D eigenvalue weighted by Crippen LogP contribution is -2.45. The second-order valence-corrected chi connectivity index (χ2v) is 19.9. The fourth-order valence-electron chi connectivity index (χ4n) is 12.6. The molecule has 5 aromatic carbocycles. The molecular weight excluding hydrogens is 867 g/mol. The number of rotatable bonds is 7. The van der Waals surface area contributed by atoms with E-state index in [1.165, 1.54) is 67.4 Å². The molecule has 2 N–H and O–H groups in total. The molecule has 5 aliphatic carbocycles. The molecule has 0 bridgehead atoms. The molecule has 0 amide bonds. The van der Waals surface area contributed by atoms with Gasteiger partial charge < -0.3 is 19.4 Å². The summed E-state index contributed by atoms with van der Waals surface area (Å²) >= 11 is 0. The van der Waals surface area contributed by atoms with E-state index < -0.39 is 6.17 Å². The van der Waals surface area contributed by atoms with Crippen LogP contribution in [-0.4, -0.2) is 15.0 Å². The third-order valence-electron chi connectivity index (χ3n) is 15.9. The fourth-order valence-corrected chi connectivity index (χ4v) is 12.6. The molecular formula is C64H53N7. The predicted octanol–water partition coefficient (Wildman–Crippen LogP) is 13.9. The summed E-state index contributed by atoms with van der Waals surface area (Å²) in [5, 5.41) is 20.8. The van der Waals surface area contributed by atoms with Gasteiger partial charge in [-0.15, -0.1) is 0 Å². The third-order valence-corrected chi connectivity index (χ3v) is 15.9. The molecule has 71 heavy (non-hydrogen) atoms. The minimum atomic E-state index is -0.420. The number of nitriles is 1. The van der Waals surface area contributed by atoms with Crippen LogP contribution in [0.5, 0.6) is 0 Å². The molecule has 0 saturated heterocycles. The van der Waals surface area contributed by atoms with Gasteiger partial charge in [-0.25, -0.2) is 4.99 Å². The lowest BCUT2D eigenvalue weighted by Gasteiger charge is -2.34. The summed E-state index contributed by atoms with van der Waals surface area (Å²) in [7, 11) is 0. The Morgan fingerprint density at radius 1 is 0.662 bits per heavy atom. The van der Waals surface area contributed by atoms with E-state index in [0.717, 1.165) is 90.8 Å². The van der Waals surface area contributed by atoms with Gasteiger partial charge in [0.05, 0.1) is 28.1 Å². The molecule has 0 spiro atoms. The smallest absolute Gasteiger partial charge is 0.131 e. The summed E-state index contributed by atoms with van der Waals surface area (Å²) in [6.45, 7) is 0. The molecule has 4 atom stereocenters. The molecule has 7 heteroatoms. The third kappa shape index (κ3) is 6.84. The van der Waals surface area contributed by atoms with Gasteiger partial charge in [0.15, 0.2) is 0 Å². The number of allylic oxidation sites excluding steroid dienone is 11. The zero-order valence-corrected chi connectivity index (χ0v) is 39.6. The van der Waals surface area contributed by atoms with E-state index >= 15 is 0 Å². The van der Waals surface area contributed by atoms with E-state index in [2.05, 4.69) is 219 Å². The van der Waals surface area contributed by atoms with Crippen molar-refractivity contribution in [3.63, 3.8) is 0 Å². The van der Waals surface area contributed by atoms with Crippen LogP contribution in [0.3, 0.4) is 0 Å². The highest BCUT2D eigenvalue weighted by molar-refractivity contribution is 6.00. The molecule has 7 nitrogen and oxygen atoms in total. The summed E-state index contributed by atoms with van der Waals surface area (Å²) < 4.78 is 4.96. The van der Waals surface area contributed by atoms with Crippen LogP contribution in [0.1, 0.15) is 123 Å². The van der Waals surface area contributed by atoms with Crippen molar-refractivity contribution in [1.29, 1.82) is 5.26 Å². The van der Waals surface area contributed by atoms with E-state index in [0.29, 0.717) is 11.5 Å². The Labute approximate surface area is 415 Å². The summed E-state index contributed by atoms with van der Waals surface area (Å²) in [6.07, 6.45) is 34.4. The lowest BCUT2D eigenvalue weighted by molar-refractivity contribution is 0.408. The first-order valence-corrected chi connectivity index (χ1v) is 25.5. The summed E-state index contributed by atoms with van der Waals surface area (Å²) in [5.74, 6) is 1.37. The van der Waals surface area contributed by atoms with Gasteiger partial charge in [0, 0.05) is 56.8 Å². The highest BCUT2D eigenvalue weighted by Crippen LogP contribution is 2.53. The summed E-state index contributed by atoms with van der Waals surface area (Å²) in [5.41, 5.74) is 21.1. The number of aliphatic imine (C=N–C) groups is 1.